The van der Waals surface area contributed by atoms with Crippen LogP contribution in [0.1, 0.15) is 48.7 Å². The molecule has 24 heavy (non-hydrogen) atoms. The van der Waals surface area contributed by atoms with E-state index in [4.69, 9.17) is 0 Å². The standard InChI is InChI=1S/C19H25N3OS/c1-14(23)18-11-16(13-24-18)19-20-7-10-22(19)12-15-5-4-9-21-8-3-2-6-17(15)21/h7,10-11,13,15,17H,2-6,8-9,12H2,1H3/t15-,17+/m0/s1. The zero-order valence-corrected chi connectivity index (χ0v) is 15.1. The van der Waals surface area contributed by atoms with Gasteiger partial charge in [0, 0.05) is 35.9 Å². The Morgan fingerprint density at radius 3 is 3.00 bits per heavy atom. The van der Waals surface area contributed by atoms with Crippen LogP contribution in [0.15, 0.2) is 23.8 Å². The predicted molar refractivity (Wildman–Crippen MR) is 97.5 cm³/mol. The van der Waals surface area contributed by atoms with Gasteiger partial charge in [-0.05, 0) is 57.7 Å². The van der Waals surface area contributed by atoms with E-state index in [2.05, 4.69) is 26.0 Å². The molecule has 4 nitrogen and oxygen atoms in total. The van der Waals surface area contributed by atoms with E-state index in [1.54, 1.807) is 6.92 Å². The van der Waals surface area contributed by atoms with Crippen LogP contribution in [0, 0.1) is 5.92 Å². The van der Waals surface area contributed by atoms with Gasteiger partial charge in [-0.3, -0.25) is 4.79 Å². The minimum atomic E-state index is 0.134. The predicted octanol–water partition coefficient (Wildman–Crippen LogP) is 4.08. The van der Waals surface area contributed by atoms with Crippen molar-refractivity contribution in [1.29, 1.82) is 0 Å². The molecule has 0 unspecified atom stereocenters. The van der Waals surface area contributed by atoms with E-state index >= 15 is 0 Å². The van der Waals surface area contributed by atoms with Crippen molar-refractivity contribution in [2.45, 2.75) is 51.6 Å². The summed E-state index contributed by atoms with van der Waals surface area (Å²) in [6.07, 6.45) is 10.7. The summed E-state index contributed by atoms with van der Waals surface area (Å²) in [4.78, 5) is 19.7. The monoisotopic (exact) mass is 343 g/mol. The molecule has 2 saturated heterocycles. The van der Waals surface area contributed by atoms with Crippen LogP contribution < -0.4 is 0 Å². The topological polar surface area (TPSA) is 38.1 Å². The molecule has 0 spiro atoms. The van der Waals surface area contributed by atoms with Crippen molar-refractivity contribution in [3.63, 3.8) is 0 Å². The number of carbonyl (C=O) groups excluding carboxylic acids is 1. The van der Waals surface area contributed by atoms with Gasteiger partial charge in [0.1, 0.15) is 5.82 Å². The smallest absolute Gasteiger partial charge is 0.169 e. The van der Waals surface area contributed by atoms with Crippen LogP contribution in [-0.2, 0) is 6.54 Å². The van der Waals surface area contributed by atoms with Crippen LogP contribution in [0.2, 0.25) is 0 Å². The molecule has 4 heterocycles. The van der Waals surface area contributed by atoms with Gasteiger partial charge < -0.3 is 9.47 Å². The number of aromatic nitrogens is 2. The minimum Gasteiger partial charge on any atom is -0.331 e. The third kappa shape index (κ3) is 3.07. The molecule has 2 aromatic rings. The number of Topliss-reactive ketones (excluding diaryl/α,β-unsaturated/α-hetero) is 1. The molecule has 2 aliphatic heterocycles. The molecule has 0 N–H and O–H groups in total. The van der Waals surface area contributed by atoms with Crippen molar-refractivity contribution in [2.24, 2.45) is 5.92 Å². The number of piperidine rings is 2. The maximum atomic E-state index is 11.6. The Bertz CT molecular complexity index is 718. The molecule has 2 aliphatic rings. The summed E-state index contributed by atoms with van der Waals surface area (Å²) in [7, 11) is 0. The number of carbonyl (C=O) groups is 1. The number of hydrogen-bond donors (Lipinski definition) is 0. The highest BCUT2D eigenvalue weighted by Gasteiger charge is 2.33. The van der Waals surface area contributed by atoms with Crippen LogP contribution in [-0.4, -0.2) is 39.4 Å². The average molecular weight is 343 g/mol. The lowest BCUT2D eigenvalue weighted by molar-refractivity contribution is 0.0521. The quantitative estimate of drug-likeness (QED) is 0.785. The molecule has 0 amide bonds. The number of thiophene rings is 1. The summed E-state index contributed by atoms with van der Waals surface area (Å²) in [5.74, 6) is 1.86. The zero-order valence-electron chi connectivity index (χ0n) is 14.3. The Balaban J connectivity index is 1.54. The van der Waals surface area contributed by atoms with Gasteiger partial charge in [-0.1, -0.05) is 6.42 Å². The Labute approximate surface area is 147 Å². The van der Waals surface area contributed by atoms with Gasteiger partial charge in [0.2, 0.25) is 0 Å². The highest BCUT2D eigenvalue weighted by molar-refractivity contribution is 7.12. The van der Waals surface area contributed by atoms with Gasteiger partial charge in [0.05, 0.1) is 4.88 Å². The van der Waals surface area contributed by atoms with Crippen molar-refractivity contribution in [1.82, 2.24) is 14.5 Å². The maximum Gasteiger partial charge on any atom is 0.169 e. The van der Waals surface area contributed by atoms with E-state index in [1.165, 1.54) is 56.5 Å². The van der Waals surface area contributed by atoms with Gasteiger partial charge in [-0.2, -0.15) is 0 Å². The SMILES string of the molecule is CC(=O)c1cc(-c2nccn2C[C@@H]2CCCN3CCCC[C@H]23)cs1. The lowest BCUT2D eigenvalue weighted by atomic mass is 9.83. The largest absolute Gasteiger partial charge is 0.331 e. The highest BCUT2D eigenvalue weighted by atomic mass is 32.1. The van der Waals surface area contributed by atoms with E-state index in [-0.39, 0.29) is 5.78 Å². The van der Waals surface area contributed by atoms with Gasteiger partial charge >= 0.3 is 0 Å². The van der Waals surface area contributed by atoms with Gasteiger partial charge in [0.15, 0.2) is 5.78 Å². The second kappa shape index (κ2) is 6.81. The number of ketones is 1. The summed E-state index contributed by atoms with van der Waals surface area (Å²) in [6, 6.07) is 2.73. The van der Waals surface area contributed by atoms with Gasteiger partial charge in [0.25, 0.3) is 0 Å². The first-order chi connectivity index (χ1) is 11.7. The Kier molecular flexibility index (Phi) is 4.55. The average Bonchev–Trinajstić information content (AvgIpc) is 3.24. The molecule has 2 atom stereocenters. The normalized spacial score (nSPS) is 24.7. The van der Waals surface area contributed by atoms with Gasteiger partial charge in [-0.15, -0.1) is 11.3 Å². The molecular weight excluding hydrogens is 318 g/mol. The van der Waals surface area contributed by atoms with Crippen molar-refractivity contribution in [3.8, 4) is 11.4 Å². The van der Waals surface area contributed by atoms with E-state index < -0.39 is 0 Å². The number of hydrogen-bond acceptors (Lipinski definition) is 4. The van der Waals surface area contributed by atoms with E-state index in [1.807, 2.05) is 12.3 Å². The summed E-state index contributed by atoms with van der Waals surface area (Å²) < 4.78 is 2.30. The molecule has 0 saturated carbocycles. The first kappa shape index (κ1) is 16.0. The molecule has 0 radical (unpaired) electrons. The zero-order chi connectivity index (χ0) is 16.5. The van der Waals surface area contributed by atoms with Crippen LogP contribution >= 0.6 is 11.3 Å². The number of rotatable bonds is 4. The molecule has 0 aliphatic carbocycles. The van der Waals surface area contributed by atoms with Crippen molar-refractivity contribution in [3.05, 3.63) is 28.7 Å². The third-order valence-corrected chi connectivity index (χ3v) is 6.61. The number of nitrogens with zero attached hydrogens (tertiary/aromatic N) is 3. The highest BCUT2D eigenvalue weighted by Crippen LogP contribution is 2.33. The summed E-state index contributed by atoms with van der Waals surface area (Å²) in [5.41, 5.74) is 1.08. The van der Waals surface area contributed by atoms with E-state index in [0.29, 0.717) is 0 Å². The van der Waals surface area contributed by atoms with Crippen molar-refractivity contribution < 1.29 is 4.79 Å². The van der Waals surface area contributed by atoms with Crippen molar-refractivity contribution in [2.75, 3.05) is 13.1 Å². The lowest BCUT2D eigenvalue weighted by Crippen LogP contribution is -2.49. The molecule has 0 aromatic carbocycles. The van der Waals surface area contributed by atoms with E-state index in [9.17, 15) is 4.79 Å². The Morgan fingerprint density at radius 1 is 1.29 bits per heavy atom. The number of fused-ring (bicyclic) bond motifs is 1. The van der Waals surface area contributed by atoms with E-state index in [0.717, 1.165) is 34.8 Å². The van der Waals surface area contributed by atoms with Crippen molar-refractivity contribution >= 4 is 17.1 Å². The summed E-state index contributed by atoms with van der Waals surface area (Å²) >= 11 is 1.52. The molecule has 128 valence electrons. The van der Waals surface area contributed by atoms with Crippen LogP contribution in [0.5, 0.6) is 0 Å². The number of imidazole rings is 1. The first-order valence-corrected chi connectivity index (χ1v) is 9.95. The second-order valence-electron chi connectivity index (χ2n) is 7.16. The molecule has 4 rings (SSSR count). The molecule has 2 aromatic heterocycles. The van der Waals surface area contributed by atoms with Gasteiger partial charge in [-0.25, -0.2) is 4.98 Å². The summed E-state index contributed by atoms with van der Waals surface area (Å²) in [6.45, 7) is 5.23. The fourth-order valence-electron chi connectivity index (χ4n) is 4.40. The Hall–Kier alpha value is -1.46. The molecule has 0 bridgehead atoms. The van der Waals surface area contributed by atoms with Crippen LogP contribution in [0.25, 0.3) is 11.4 Å². The van der Waals surface area contributed by atoms with Crippen LogP contribution in [0.3, 0.4) is 0 Å². The molecular formula is C19H25N3OS. The minimum absolute atomic E-state index is 0.134. The summed E-state index contributed by atoms with van der Waals surface area (Å²) in [5, 5.41) is 2.06. The lowest BCUT2D eigenvalue weighted by Gasteiger charge is -2.44. The van der Waals surface area contributed by atoms with Crippen LogP contribution in [0.4, 0.5) is 0 Å². The Morgan fingerprint density at radius 2 is 2.17 bits per heavy atom. The molecule has 5 heteroatoms. The third-order valence-electron chi connectivity index (χ3n) is 5.58. The second-order valence-corrected chi connectivity index (χ2v) is 8.07. The fourth-order valence-corrected chi connectivity index (χ4v) is 5.19. The first-order valence-electron chi connectivity index (χ1n) is 9.07. The maximum absolute atomic E-state index is 11.6. The molecule has 2 fully saturated rings. The fraction of sp³-hybridized carbons (Fsp3) is 0.579.